The van der Waals surface area contributed by atoms with Crippen molar-refractivity contribution in [1.29, 1.82) is 0 Å². The van der Waals surface area contributed by atoms with Crippen LogP contribution in [0.4, 0.5) is 25.8 Å². The molecule has 0 atom stereocenters. The van der Waals surface area contributed by atoms with Crippen LogP contribution in [0.25, 0.3) is 0 Å². The van der Waals surface area contributed by atoms with Crippen molar-refractivity contribution < 1.29 is 13.5 Å². The fourth-order valence-corrected chi connectivity index (χ4v) is 1.71. The Bertz CT molecular complexity index is 602. The van der Waals surface area contributed by atoms with Crippen LogP contribution in [0.15, 0.2) is 36.4 Å². The zero-order valence-corrected chi connectivity index (χ0v) is 11.1. The number of hydrogen-bond acceptors (Lipinski definition) is 3. The summed E-state index contributed by atoms with van der Waals surface area (Å²) in [5.41, 5.74) is 6.60. The second kappa shape index (κ2) is 6.23. The van der Waals surface area contributed by atoms with E-state index in [0.29, 0.717) is 12.3 Å². The molecule has 2 aromatic rings. The molecule has 0 fully saturated rings. The van der Waals surface area contributed by atoms with Crippen LogP contribution in [0.3, 0.4) is 0 Å². The molecular weight excluding hydrogens is 262 g/mol. The molecule has 0 unspecified atom stereocenters. The molecule has 0 spiro atoms. The Morgan fingerprint density at radius 2 is 1.85 bits per heavy atom. The van der Waals surface area contributed by atoms with Crippen molar-refractivity contribution in [3.8, 4) is 5.75 Å². The monoisotopic (exact) mass is 278 g/mol. The molecule has 2 aromatic carbocycles. The Morgan fingerprint density at radius 3 is 2.55 bits per heavy atom. The normalized spacial score (nSPS) is 10.3. The largest absolute Gasteiger partial charge is 0.490 e. The van der Waals surface area contributed by atoms with Crippen molar-refractivity contribution in [2.45, 2.75) is 13.3 Å². The summed E-state index contributed by atoms with van der Waals surface area (Å²) < 4.78 is 32.5. The van der Waals surface area contributed by atoms with Gasteiger partial charge in [-0.2, -0.15) is 0 Å². The molecule has 0 saturated heterocycles. The minimum atomic E-state index is -0.532. The van der Waals surface area contributed by atoms with Gasteiger partial charge in [0.2, 0.25) is 0 Å². The molecule has 0 saturated carbocycles. The van der Waals surface area contributed by atoms with Crippen LogP contribution in [0.2, 0.25) is 0 Å². The average molecular weight is 278 g/mol. The highest BCUT2D eigenvalue weighted by Crippen LogP contribution is 2.31. The number of nitrogen functional groups attached to an aromatic ring is 1. The van der Waals surface area contributed by atoms with Crippen molar-refractivity contribution in [3.63, 3.8) is 0 Å². The molecular formula is C15H16F2N2O. The summed E-state index contributed by atoms with van der Waals surface area (Å²) in [6.45, 7) is 2.33. The smallest absolute Gasteiger partial charge is 0.167 e. The lowest BCUT2D eigenvalue weighted by molar-refractivity contribution is 0.301. The van der Waals surface area contributed by atoms with E-state index in [1.807, 2.05) is 6.92 Å². The minimum Gasteiger partial charge on any atom is -0.490 e. The fraction of sp³-hybridized carbons (Fsp3) is 0.200. The van der Waals surface area contributed by atoms with Gasteiger partial charge in [0.05, 0.1) is 23.7 Å². The predicted molar refractivity (Wildman–Crippen MR) is 76.3 cm³/mol. The third-order valence-electron chi connectivity index (χ3n) is 2.71. The van der Waals surface area contributed by atoms with E-state index < -0.39 is 11.6 Å². The zero-order valence-electron chi connectivity index (χ0n) is 11.1. The van der Waals surface area contributed by atoms with Gasteiger partial charge in [-0.1, -0.05) is 19.1 Å². The second-order valence-electron chi connectivity index (χ2n) is 4.32. The number of rotatable bonds is 5. The van der Waals surface area contributed by atoms with Crippen LogP contribution in [0.5, 0.6) is 5.75 Å². The third-order valence-corrected chi connectivity index (χ3v) is 2.71. The number of ether oxygens (including phenoxy) is 1. The van der Waals surface area contributed by atoms with E-state index in [4.69, 9.17) is 10.5 Å². The molecule has 5 heteroatoms. The van der Waals surface area contributed by atoms with Crippen LogP contribution in [0, 0.1) is 11.6 Å². The SMILES string of the molecule is CCCOc1cc(Nc2ccccc2F)c(N)cc1F. The molecule has 20 heavy (non-hydrogen) atoms. The molecule has 106 valence electrons. The van der Waals surface area contributed by atoms with E-state index in [2.05, 4.69) is 5.32 Å². The first-order chi connectivity index (χ1) is 9.61. The molecule has 0 amide bonds. The van der Waals surface area contributed by atoms with Gasteiger partial charge in [-0.15, -0.1) is 0 Å². The highest BCUT2D eigenvalue weighted by Gasteiger charge is 2.10. The van der Waals surface area contributed by atoms with E-state index in [1.54, 1.807) is 18.2 Å². The molecule has 0 aliphatic carbocycles. The van der Waals surface area contributed by atoms with Crippen molar-refractivity contribution in [2.24, 2.45) is 0 Å². The van der Waals surface area contributed by atoms with Gasteiger partial charge in [-0.25, -0.2) is 8.78 Å². The van der Waals surface area contributed by atoms with Gasteiger partial charge in [0.1, 0.15) is 5.82 Å². The summed E-state index contributed by atoms with van der Waals surface area (Å²) in [6, 6.07) is 8.78. The summed E-state index contributed by atoms with van der Waals surface area (Å²) in [4.78, 5) is 0. The number of nitrogens with two attached hydrogens (primary N) is 1. The van der Waals surface area contributed by atoms with Crippen LogP contribution in [-0.2, 0) is 0 Å². The summed E-state index contributed by atoms with van der Waals surface area (Å²) in [5, 5.41) is 2.84. The van der Waals surface area contributed by atoms with E-state index in [0.717, 1.165) is 12.5 Å². The first-order valence-corrected chi connectivity index (χ1v) is 6.35. The number of benzene rings is 2. The predicted octanol–water partition coefficient (Wildman–Crippen LogP) is 4.08. The maximum Gasteiger partial charge on any atom is 0.167 e. The van der Waals surface area contributed by atoms with Gasteiger partial charge in [0, 0.05) is 12.1 Å². The number of para-hydroxylation sites is 1. The number of hydrogen-bond donors (Lipinski definition) is 2. The van der Waals surface area contributed by atoms with Crippen LogP contribution in [0.1, 0.15) is 13.3 Å². The Morgan fingerprint density at radius 1 is 1.10 bits per heavy atom. The molecule has 0 aliphatic heterocycles. The molecule has 0 heterocycles. The van der Waals surface area contributed by atoms with E-state index in [1.165, 1.54) is 12.1 Å². The third kappa shape index (κ3) is 3.17. The Hall–Kier alpha value is -2.30. The molecule has 0 aromatic heterocycles. The maximum absolute atomic E-state index is 13.7. The Labute approximate surface area is 116 Å². The van der Waals surface area contributed by atoms with Crippen molar-refractivity contribution in [2.75, 3.05) is 17.7 Å². The topological polar surface area (TPSA) is 47.3 Å². The van der Waals surface area contributed by atoms with Gasteiger partial charge in [0.25, 0.3) is 0 Å². The lowest BCUT2D eigenvalue weighted by Gasteiger charge is -2.13. The average Bonchev–Trinajstić information content (AvgIpc) is 2.43. The molecule has 3 nitrogen and oxygen atoms in total. The molecule has 0 bridgehead atoms. The lowest BCUT2D eigenvalue weighted by atomic mass is 10.2. The lowest BCUT2D eigenvalue weighted by Crippen LogP contribution is -2.02. The minimum absolute atomic E-state index is 0.0971. The van der Waals surface area contributed by atoms with Gasteiger partial charge in [0.15, 0.2) is 11.6 Å². The van der Waals surface area contributed by atoms with E-state index in [9.17, 15) is 8.78 Å². The highest BCUT2D eigenvalue weighted by atomic mass is 19.1. The molecule has 2 rings (SSSR count). The summed E-state index contributed by atoms with van der Waals surface area (Å²) in [6.07, 6.45) is 0.764. The first-order valence-electron chi connectivity index (χ1n) is 6.35. The summed E-state index contributed by atoms with van der Waals surface area (Å²) >= 11 is 0. The Kier molecular flexibility index (Phi) is 4.40. The summed E-state index contributed by atoms with van der Waals surface area (Å²) in [7, 11) is 0. The van der Waals surface area contributed by atoms with Crippen molar-refractivity contribution >= 4 is 17.1 Å². The molecule has 3 N–H and O–H groups in total. The number of halogens is 2. The number of nitrogens with one attached hydrogen (secondary N) is 1. The Balaban J connectivity index is 2.29. The standard InChI is InChI=1S/C15H16F2N2O/c1-2-7-20-15-9-14(12(18)8-11(15)17)19-13-6-4-3-5-10(13)16/h3-6,8-9,19H,2,7,18H2,1H3. The maximum atomic E-state index is 13.7. The van der Waals surface area contributed by atoms with E-state index in [-0.39, 0.29) is 17.1 Å². The first kappa shape index (κ1) is 14.1. The fourth-order valence-electron chi connectivity index (χ4n) is 1.71. The van der Waals surface area contributed by atoms with Gasteiger partial charge < -0.3 is 15.8 Å². The highest BCUT2D eigenvalue weighted by molar-refractivity contribution is 5.74. The quantitative estimate of drug-likeness (QED) is 0.810. The molecule has 0 radical (unpaired) electrons. The van der Waals surface area contributed by atoms with Crippen LogP contribution in [-0.4, -0.2) is 6.61 Å². The summed E-state index contributed by atoms with van der Waals surface area (Å²) in [5.74, 6) is -0.845. The van der Waals surface area contributed by atoms with Gasteiger partial charge >= 0.3 is 0 Å². The molecule has 0 aliphatic rings. The van der Waals surface area contributed by atoms with Crippen LogP contribution < -0.4 is 15.8 Å². The van der Waals surface area contributed by atoms with E-state index >= 15 is 0 Å². The van der Waals surface area contributed by atoms with Gasteiger partial charge in [-0.3, -0.25) is 0 Å². The van der Waals surface area contributed by atoms with Gasteiger partial charge in [-0.05, 0) is 18.6 Å². The van der Waals surface area contributed by atoms with Crippen molar-refractivity contribution in [1.82, 2.24) is 0 Å². The zero-order chi connectivity index (χ0) is 14.5. The van der Waals surface area contributed by atoms with Crippen LogP contribution >= 0.6 is 0 Å². The number of anilines is 3. The second-order valence-corrected chi connectivity index (χ2v) is 4.32. The van der Waals surface area contributed by atoms with Crippen molar-refractivity contribution in [3.05, 3.63) is 48.0 Å².